The lowest BCUT2D eigenvalue weighted by Crippen LogP contribution is -2.29. The van der Waals surface area contributed by atoms with Gasteiger partial charge in [-0.25, -0.2) is 0 Å². The van der Waals surface area contributed by atoms with Crippen LogP contribution in [-0.2, 0) is 9.47 Å². The SMILES string of the molecule is CCCCC1(CCC)OC=CO1. The summed E-state index contributed by atoms with van der Waals surface area (Å²) in [4.78, 5) is 0. The monoisotopic (exact) mass is 170 g/mol. The van der Waals surface area contributed by atoms with E-state index in [1.165, 1.54) is 12.8 Å². The molecule has 0 fully saturated rings. The largest absolute Gasteiger partial charge is 0.457 e. The van der Waals surface area contributed by atoms with E-state index in [2.05, 4.69) is 13.8 Å². The molecule has 2 nitrogen and oxygen atoms in total. The Morgan fingerprint density at radius 2 is 1.67 bits per heavy atom. The number of ether oxygens (including phenoxy) is 2. The Balaban J connectivity index is 2.37. The topological polar surface area (TPSA) is 18.5 Å². The van der Waals surface area contributed by atoms with E-state index in [4.69, 9.17) is 9.47 Å². The standard InChI is InChI=1S/C10H18O2/c1-3-5-7-10(6-4-2)11-8-9-12-10/h8-9H,3-7H2,1-2H3. The fourth-order valence-corrected chi connectivity index (χ4v) is 1.52. The number of hydrogen-bond acceptors (Lipinski definition) is 2. The van der Waals surface area contributed by atoms with Gasteiger partial charge in [0.2, 0.25) is 5.79 Å². The summed E-state index contributed by atoms with van der Waals surface area (Å²) in [6.07, 6.45) is 8.77. The molecule has 1 aliphatic heterocycles. The minimum Gasteiger partial charge on any atom is -0.457 e. The first kappa shape index (κ1) is 9.43. The van der Waals surface area contributed by atoms with E-state index in [0.717, 1.165) is 19.3 Å². The summed E-state index contributed by atoms with van der Waals surface area (Å²) in [6, 6.07) is 0. The zero-order valence-electron chi connectivity index (χ0n) is 8.01. The molecule has 0 atom stereocenters. The van der Waals surface area contributed by atoms with Crippen LogP contribution in [0.25, 0.3) is 0 Å². The van der Waals surface area contributed by atoms with Crippen LogP contribution in [-0.4, -0.2) is 5.79 Å². The molecule has 0 saturated carbocycles. The Labute approximate surface area is 74.6 Å². The van der Waals surface area contributed by atoms with E-state index in [-0.39, 0.29) is 5.79 Å². The van der Waals surface area contributed by atoms with Gasteiger partial charge in [0.1, 0.15) is 12.5 Å². The molecule has 1 aliphatic rings. The van der Waals surface area contributed by atoms with Crippen molar-refractivity contribution in [1.29, 1.82) is 0 Å². The molecule has 0 aromatic heterocycles. The van der Waals surface area contributed by atoms with Crippen LogP contribution >= 0.6 is 0 Å². The summed E-state index contributed by atoms with van der Waals surface area (Å²) in [5, 5.41) is 0. The van der Waals surface area contributed by atoms with Crippen molar-refractivity contribution in [1.82, 2.24) is 0 Å². The van der Waals surface area contributed by atoms with Crippen LogP contribution in [0.4, 0.5) is 0 Å². The molecule has 0 radical (unpaired) electrons. The Morgan fingerprint density at radius 1 is 1.00 bits per heavy atom. The van der Waals surface area contributed by atoms with Gasteiger partial charge in [-0.2, -0.15) is 0 Å². The Hall–Kier alpha value is -0.660. The second kappa shape index (κ2) is 4.39. The van der Waals surface area contributed by atoms with Crippen LogP contribution in [0.1, 0.15) is 46.0 Å². The van der Waals surface area contributed by atoms with E-state index in [1.54, 1.807) is 12.5 Å². The smallest absolute Gasteiger partial charge is 0.249 e. The molecule has 0 bridgehead atoms. The molecule has 1 rings (SSSR count). The highest BCUT2D eigenvalue weighted by molar-refractivity contribution is 4.83. The van der Waals surface area contributed by atoms with Gasteiger partial charge in [-0.05, 0) is 12.8 Å². The maximum Gasteiger partial charge on any atom is 0.249 e. The molecule has 0 aromatic rings. The van der Waals surface area contributed by atoms with Gasteiger partial charge in [0, 0.05) is 12.8 Å². The predicted molar refractivity (Wildman–Crippen MR) is 48.5 cm³/mol. The van der Waals surface area contributed by atoms with Gasteiger partial charge in [0.15, 0.2) is 0 Å². The molecule has 0 unspecified atom stereocenters. The third kappa shape index (κ3) is 2.16. The average molecular weight is 170 g/mol. The third-order valence-electron chi connectivity index (χ3n) is 2.16. The van der Waals surface area contributed by atoms with Crippen molar-refractivity contribution in [3.05, 3.63) is 12.5 Å². The summed E-state index contributed by atoms with van der Waals surface area (Å²) < 4.78 is 11.0. The van der Waals surface area contributed by atoms with E-state index in [0.29, 0.717) is 0 Å². The van der Waals surface area contributed by atoms with Crippen molar-refractivity contribution in [3.8, 4) is 0 Å². The fourth-order valence-electron chi connectivity index (χ4n) is 1.52. The van der Waals surface area contributed by atoms with Crippen molar-refractivity contribution >= 4 is 0 Å². The lowest BCUT2D eigenvalue weighted by Gasteiger charge is -2.27. The van der Waals surface area contributed by atoms with E-state index >= 15 is 0 Å². The van der Waals surface area contributed by atoms with Gasteiger partial charge in [-0.15, -0.1) is 0 Å². The highest BCUT2D eigenvalue weighted by atomic mass is 16.7. The molecule has 12 heavy (non-hydrogen) atoms. The lowest BCUT2D eigenvalue weighted by molar-refractivity contribution is -0.152. The molecule has 1 heterocycles. The molecule has 0 amide bonds. The number of hydrogen-bond donors (Lipinski definition) is 0. The molecule has 2 heteroatoms. The van der Waals surface area contributed by atoms with Crippen molar-refractivity contribution in [3.63, 3.8) is 0 Å². The quantitative estimate of drug-likeness (QED) is 0.630. The predicted octanol–water partition coefficient (Wildman–Crippen LogP) is 3.19. The maximum atomic E-state index is 5.48. The Morgan fingerprint density at radius 3 is 2.17 bits per heavy atom. The first-order valence-corrected chi connectivity index (χ1v) is 4.83. The van der Waals surface area contributed by atoms with Crippen LogP contribution < -0.4 is 0 Å². The summed E-state index contributed by atoms with van der Waals surface area (Å²) >= 11 is 0. The van der Waals surface area contributed by atoms with Crippen molar-refractivity contribution in [2.45, 2.75) is 51.7 Å². The van der Waals surface area contributed by atoms with Crippen molar-refractivity contribution < 1.29 is 9.47 Å². The van der Waals surface area contributed by atoms with Gasteiger partial charge >= 0.3 is 0 Å². The van der Waals surface area contributed by atoms with E-state index in [9.17, 15) is 0 Å². The summed E-state index contributed by atoms with van der Waals surface area (Å²) in [6.45, 7) is 4.33. The zero-order valence-corrected chi connectivity index (χ0v) is 8.01. The third-order valence-corrected chi connectivity index (χ3v) is 2.16. The highest BCUT2D eigenvalue weighted by Crippen LogP contribution is 2.30. The summed E-state index contributed by atoms with van der Waals surface area (Å²) in [5.74, 6) is -0.315. The molecular weight excluding hydrogens is 152 g/mol. The normalized spacial score (nSPS) is 18.8. The minimum atomic E-state index is -0.315. The van der Waals surface area contributed by atoms with Crippen LogP contribution in [0.5, 0.6) is 0 Å². The van der Waals surface area contributed by atoms with E-state index in [1.807, 2.05) is 0 Å². The van der Waals surface area contributed by atoms with Gasteiger partial charge < -0.3 is 9.47 Å². The van der Waals surface area contributed by atoms with Gasteiger partial charge in [-0.1, -0.05) is 20.3 Å². The van der Waals surface area contributed by atoms with Gasteiger partial charge in [0.25, 0.3) is 0 Å². The minimum absolute atomic E-state index is 0.315. The van der Waals surface area contributed by atoms with Crippen molar-refractivity contribution in [2.24, 2.45) is 0 Å². The molecule has 0 aliphatic carbocycles. The first-order valence-electron chi connectivity index (χ1n) is 4.83. The maximum absolute atomic E-state index is 5.48. The molecule has 0 spiro atoms. The molecule has 70 valence electrons. The van der Waals surface area contributed by atoms with Crippen LogP contribution in [0.3, 0.4) is 0 Å². The molecule has 0 aromatic carbocycles. The Bertz CT molecular complexity index is 144. The second-order valence-corrected chi connectivity index (χ2v) is 3.27. The lowest BCUT2D eigenvalue weighted by atomic mass is 10.0. The fraction of sp³-hybridized carbons (Fsp3) is 0.800. The second-order valence-electron chi connectivity index (χ2n) is 3.27. The van der Waals surface area contributed by atoms with Crippen molar-refractivity contribution in [2.75, 3.05) is 0 Å². The van der Waals surface area contributed by atoms with Crippen LogP contribution in [0, 0.1) is 0 Å². The summed E-state index contributed by atoms with van der Waals surface area (Å²) in [5.41, 5.74) is 0. The highest BCUT2D eigenvalue weighted by Gasteiger charge is 2.33. The average Bonchev–Trinajstić information content (AvgIpc) is 2.51. The number of unbranched alkanes of at least 4 members (excludes halogenated alkanes) is 1. The van der Waals surface area contributed by atoms with Crippen LogP contribution in [0.2, 0.25) is 0 Å². The summed E-state index contributed by atoms with van der Waals surface area (Å²) in [7, 11) is 0. The zero-order chi connectivity index (χ0) is 8.86. The van der Waals surface area contributed by atoms with Gasteiger partial charge in [0.05, 0.1) is 0 Å². The Kier molecular flexibility index (Phi) is 3.45. The first-order chi connectivity index (χ1) is 5.83. The van der Waals surface area contributed by atoms with Gasteiger partial charge in [-0.3, -0.25) is 0 Å². The molecular formula is C10H18O2. The molecule has 0 saturated heterocycles. The molecule has 0 N–H and O–H groups in total. The van der Waals surface area contributed by atoms with E-state index < -0.39 is 0 Å². The van der Waals surface area contributed by atoms with Crippen LogP contribution in [0.15, 0.2) is 12.5 Å². The number of rotatable bonds is 5.